The van der Waals surface area contributed by atoms with Gasteiger partial charge in [-0.2, -0.15) is 0 Å². The Morgan fingerprint density at radius 3 is 2.86 bits per heavy atom. The summed E-state index contributed by atoms with van der Waals surface area (Å²) in [5, 5.41) is 1.23. The largest absolute Gasteiger partial charge is 0.361 e. The lowest BCUT2D eigenvalue weighted by atomic mass is 9.92. The van der Waals surface area contributed by atoms with Crippen LogP contribution in [0.1, 0.15) is 40.5 Å². The Morgan fingerprint density at radius 1 is 1.18 bits per heavy atom. The normalized spacial score (nSPS) is 20.5. The van der Waals surface area contributed by atoms with E-state index in [1.807, 2.05) is 6.07 Å². The van der Waals surface area contributed by atoms with E-state index in [-0.39, 0.29) is 11.7 Å². The van der Waals surface area contributed by atoms with Gasteiger partial charge in [-0.05, 0) is 60.2 Å². The van der Waals surface area contributed by atoms with Crippen LogP contribution in [0.15, 0.2) is 42.6 Å². The number of hydrogen-bond donors (Lipinski definition) is 2. The molecule has 1 aromatic heterocycles. The highest BCUT2D eigenvalue weighted by molar-refractivity contribution is 5.87. The van der Waals surface area contributed by atoms with Gasteiger partial charge in [0, 0.05) is 23.0 Å². The minimum Gasteiger partial charge on any atom is -0.361 e. The van der Waals surface area contributed by atoms with Gasteiger partial charge in [-0.25, -0.2) is 4.39 Å². The fourth-order valence-electron chi connectivity index (χ4n) is 3.89. The van der Waals surface area contributed by atoms with Crippen LogP contribution in [0, 0.1) is 12.7 Å². The molecule has 112 valence electrons. The second kappa shape index (κ2) is 4.96. The number of nitrogens with one attached hydrogen (secondary N) is 1. The minimum atomic E-state index is -0.169. The minimum absolute atomic E-state index is 0.169. The van der Waals surface area contributed by atoms with E-state index in [1.54, 1.807) is 12.1 Å². The molecule has 3 N–H and O–H groups in total. The Labute approximate surface area is 129 Å². The molecule has 2 nitrogen and oxygen atoms in total. The van der Waals surface area contributed by atoms with E-state index >= 15 is 0 Å². The maximum Gasteiger partial charge on any atom is 0.123 e. The Morgan fingerprint density at radius 2 is 2.05 bits per heavy atom. The van der Waals surface area contributed by atoms with Crippen molar-refractivity contribution in [3.8, 4) is 0 Å². The van der Waals surface area contributed by atoms with Crippen molar-refractivity contribution in [2.45, 2.75) is 25.2 Å². The summed E-state index contributed by atoms with van der Waals surface area (Å²) in [6, 6.07) is 11.5. The van der Waals surface area contributed by atoms with Gasteiger partial charge in [-0.1, -0.05) is 24.3 Å². The van der Waals surface area contributed by atoms with Crippen LogP contribution in [0.4, 0.5) is 4.39 Å². The third kappa shape index (κ3) is 1.89. The summed E-state index contributed by atoms with van der Waals surface area (Å²) >= 11 is 0. The first-order valence-electron chi connectivity index (χ1n) is 7.75. The number of aryl methyl sites for hydroxylation is 1. The van der Waals surface area contributed by atoms with Crippen LogP contribution in [-0.2, 0) is 0 Å². The lowest BCUT2D eigenvalue weighted by Gasteiger charge is -2.11. The molecule has 2 atom stereocenters. The molecule has 0 bridgehead atoms. The highest BCUT2D eigenvalue weighted by Crippen LogP contribution is 2.46. The van der Waals surface area contributed by atoms with Crippen LogP contribution in [0.25, 0.3) is 10.9 Å². The average molecular weight is 294 g/mol. The molecule has 4 rings (SSSR count). The van der Waals surface area contributed by atoms with Crippen molar-refractivity contribution in [3.05, 3.63) is 70.7 Å². The summed E-state index contributed by atoms with van der Waals surface area (Å²) in [7, 11) is 0. The number of para-hydroxylation sites is 1. The summed E-state index contributed by atoms with van der Waals surface area (Å²) in [5.74, 6) is 0.364. The molecule has 0 aliphatic heterocycles. The number of benzene rings is 2. The highest BCUT2D eigenvalue weighted by atomic mass is 19.1. The quantitative estimate of drug-likeness (QED) is 0.731. The van der Waals surface area contributed by atoms with Crippen LogP contribution < -0.4 is 5.73 Å². The number of hydrogen-bond acceptors (Lipinski definition) is 1. The second-order valence-electron chi connectivity index (χ2n) is 6.24. The Bertz CT molecular complexity index is 850. The fourth-order valence-corrected chi connectivity index (χ4v) is 3.89. The standard InChI is InChI=1S/C19H19FN2/c1-11-3-2-4-15-18(10-22-19(11)15)16-7-12(9-21)14-6-5-13(20)8-17(14)16/h2-6,8,10,12,16,22H,7,9,21H2,1H3/t12-,16-/m1/s1. The number of fused-ring (bicyclic) bond motifs is 2. The molecule has 3 aromatic rings. The molecule has 2 aromatic carbocycles. The molecule has 22 heavy (non-hydrogen) atoms. The van der Waals surface area contributed by atoms with Crippen molar-refractivity contribution in [2.75, 3.05) is 6.54 Å². The van der Waals surface area contributed by atoms with E-state index in [9.17, 15) is 4.39 Å². The van der Waals surface area contributed by atoms with Gasteiger partial charge in [0.15, 0.2) is 0 Å². The lowest BCUT2D eigenvalue weighted by molar-refractivity contribution is 0.624. The smallest absolute Gasteiger partial charge is 0.123 e. The van der Waals surface area contributed by atoms with Crippen molar-refractivity contribution in [1.82, 2.24) is 4.98 Å². The lowest BCUT2D eigenvalue weighted by Crippen LogP contribution is -2.09. The summed E-state index contributed by atoms with van der Waals surface area (Å²) < 4.78 is 13.7. The van der Waals surface area contributed by atoms with Crippen molar-refractivity contribution >= 4 is 10.9 Å². The van der Waals surface area contributed by atoms with Crippen molar-refractivity contribution < 1.29 is 4.39 Å². The van der Waals surface area contributed by atoms with Crippen LogP contribution in [0.2, 0.25) is 0 Å². The first kappa shape index (κ1) is 13.5. The van der Waals surface area contributed by atoms with Gasteiger partial charge in [-0.15, -0.1) is 0 Å². The maximum absolute atomic E-state index is 13.7. The molecule has 0 unspecified atom stereocenters. The number of H-pyrrole nitrogens is 1. The van der Waals surface area contributed by atoms with Gasteiger partial charge >= 0.3 is 0 Å². The summed E-state index contributed by atoms with van der Waals surface area (Å²) in [6.07, 6.45) is 3.03. The molecule has 1 aliphatic rings. The van der Waals surface area contributed by atoms with E-state index in [2.05, 4.69) is 36.3 Å². The van der Waals surface area contributed by atoms with Crippen molar-refractivity contribution in [1.29, 1.82) is 0 Å². The SMILES string of the molecule is Cc1cccc2c([C@@H]3C[C@H](CN)c4ccc(F)cc43)c[nH]c12. The third-order valence-corrected chi connectivity index (χ3v) is 5.00. The van der Waals surface area contributed by atoms with Gasteiger partial charge < -0.3 is 10.7 Å². The first-order chi connectivity index (χ1) is 10.7. The summed E-state index contributed by atoms with van der Waals surface area (Å²) in [4.78, 5) is 3.39. The second-order valence-corrected chi connectivity index (χ2v) is 6.24. The molecule has 1 aliphatic carbocycles. The van der Waals surface area contributed by atoms with Gasteiger partial charge in [0.2, 0.25) is 0 Å². The zero-order valence-electron chi connectivity index (χ0n) is 12.6. The van der Waals surface area contributed by atoms with E-state index in [4.69, 9.17) is 5.73 Å². The van der Waals surface area contributed by atoms with Gasteiger partial charge in [-0.3, -0.25) is 0 Å². The van der Waals surface area contributed by atoms with Gasteiger partial charge in [0.05, 0.1) is 0 Å². The molecule has 0 amide bonds. The maximum atomic E-state index is 13.7. The number of rotatable bonds is 2. The van der Waals surface area contributed by atoms with Crippen LogP contribution in [0.5, 0.6) is 0 Å². The molecule has 0 fully saturated rings. The van der Waals surface area contributed by atoms with E-state index < -0.39 is 0 Å². The first-order valence-corrected chi connectivity index (χ1v) is 7.75. The predicted octanol–water partition coefficient (Wildman–Crippen LogP) is 4.19. The van der Waals surface area contributed by atoms with E-state index in [0.717, 1.165) is 12.0 Å². The van der Waals surface area contributed by atoms with E-state index in [0.29, 0.717) is 12.5 Å². The zero-order valence-corrected chi connectivity index (χ0v) is 12.6. The summed E-state index contributed by atoms with van der Waals surface area (Å²) in [6.45, 7) is 2.71. The molecule has 1 heterocycles. The van der Waals surface area contributed by atoms with Gasteiger partial charge in [0.1, 0.15) is 5.82 Å². The number of halogens is 1. The molecule has 0 saturated carbocycles. The molecular weight excluding hydrogens is 275 g/mol. The molecular formula is C19H19FN2. The predicted molar refractivity (Wildman–Crippen MR) is 87.7 cm³/mol. The number of nitrogens with two attached hydrogens (primary N) is 1. The van der Waals surface area contributed by atoms with Crippen LogP contribution >= 0.6 is 0 Å². The number of aromatic nitrogens is 1. The van der Waals surface area contributed by atoms with Gasteiger partial charge in [0.25, 0.3) is 0 Å². The monoisotopic (exact) mass is 294 g/mol. The van der Waals surface area contributed by atoms with Crippen LogP contribution in [0.3, 0.4) is 0 Å². The Kier molecular flexibility index (Phi) is 3.05. The molecule has 0 saturated heterocycles. The van der Waals surface area contributed by atoms with Crippen molar-refractivity contribution in [3.63, 3.8) is 0 Å². The Balaban J connectivity index is 1.90. The van der Waals surface area contributed by atoms with E-state index in [1.165, 1.54) is 27.6 Å². The van der Waals surface area contributed by atoms with Crippen LogP contribution in [-0.4, -0.2) is 11.5 Å². The summed E-state index contributed by atoms with van der Waals surface area (Å²) in [5.41, 5.74) is 11.9. The fraction of sp³-hybridized carbons (Fsp3) is 0.263. The van der Waals surface area contributed by atoms with Crippen molar-refractivity contribution in [2.24, 2.45) is 5.73 Å². The topological polar surface area (TPSA) is 41.8 Å². The Hall–Kier alpha value is -2.13. The number of aromatic amines is 1. The molecule has 0 radical (unpaired) electrons. The zero-order chi connectivity index (χ0) is 15.3. The average Bonchev–Trinajstić information content (AvgIpc) is 3.08. The third-order valence-electron chi connectivity index (χ3n) is 5.00. The highest BCUT2D eigenvalue weighted by Gasteiger charge is 2.32. The molecule has 0 spiro atoms. The molecule has 3 heteroatoms.